The molecule has 0 aliphatic carbocycles. The van der Waals surface area contributed by atoms with Gasteiger partial charge in [0, 0.05) is 16.3 Å². The Hall–Kier alpha value is -2.01. The predicted octanol–water partition coefficient (Wildman–Crippen LogP) is 2.65. The number of rotatable bonds is 4. The summed E-state index contributed by atoms with van der Waals surface area (Å²) in [4.78, 5) is 15.8. The molecule has 1 aromatic carbocycles. The second-order valence-corrected chi connectivity index (χ2v) is 4.66. The fourth-order valence-corrected chi connectivity index (χ4v) is 2.32. The number of benzene rings is 1. The molecule has 18 heavy (non-hydrogen) atoms. The van der Waals surface area contributed by atoms with Crippen LogP contribution in [0.3, 0.4) is 0 Å². The summed E-state index contributed by atoms with van der Waals surface area (Å²) in [5.41, 5.74) is 7.34. The molecule has 0 aliphatic heterocycles. The van der Waals surface area contributed by atoms with Gasteiger partial charge in [-0.15, -0.1) is 11.8 Å². The number of hydrogen-bond donors (Lipinski definition) is 2. The molecule has 4 nitrogen and oxygen atoms in total. The molecule has 2 rings (SSSR count). The van der Waals surface area contributed by atoms with Crippen molar-refractivity contribution in [2.45, 2.75) is 10.6 Å². The van der Waals surface area contributed by atoms with Crippen molar-refractivity contribution < 1.29 is 9.90 Å². The summed E-state index contributed by atoms with van der Waals surface area (Å²) in [6.45, 7) is 0. The third kappa shape index (κ3) is 3.01. The monoisotopic (exact) mass is 260 g/mol. The van der Waals surface area contributed by atoms with Crippen LogP contribution in [0.1, 0.15) is 16.2 Å². The van der Waals surface area contributed by atoms with Crippen molar-refractivity contribution in [2.75, 3.05) is 5.73 Å². The van der Waals surface area contributed by atoms with Crippen LogP contribution in [0, 0.1) is 0 Å². The molecule has 0 spiro atoms. The van der Waals surface area contributed by atoms with Crippen LogP contribution >= 0.6 is 11.8 Å². The number of anilines is 1. The average molecular weight is 260 g/mol. The molecule has 0 aliphatic rings. The van der Waals surface area contributed by atoms with E-state index in [4.69, 9.17) is 10.8 Å². The number of hydrogen-bond acceptors (Lipinski definition) is 4. The first-order chi connectivity index (χ1) is 8.66. The van der Waals surface area contributed by atoms with Crippen LogP contribution in [0.4, 0.5) is 5.69 Å². The number of carbonyl (C=O) groups is 1. The number of carboxylic acids is 1. The van der Waals surface area contributed by atoms with Crippen molar-refractivity contribution in [3.8, 4) is 0 Å². The van der Waals surface area contributed by atoms with E-state index in [0.717, 1.165) is 16.3 Å². The molecule has 0 saturated heterocycles. The van der Waals surface area contributed by atoms with Gasteiger partial charge >= 0.3 is 5.97 Å². The van der Waals surface area contributed by atoms with E-state index < -0.39 is 5.97 Å². The van der Waals surface area contributed by atoms with Crippen molar-refractivity contribution in [1.29, 1.82) is 0 Å². The summed E-state index contributed by atoms with van der Waals surface area (Å²) in [5.74, 6) is -0.420. The number of aromatic nitrogens is 1. The number of pyridine rings is 1. The van der Waals surface area contributed by atoms with Crippen molar-refractivity contribution in [3.05, 3.63) is 53.9 Å². The van der Waals surface area contributed by atoms with Crippen LogP contribution in [0.15, 0.2) is 47.4 Å². The van der Waals surface area contributed by atoms with Crippen LogP contribution in [0.5, 0.6) is 0 Å². The van der Waals surface area contributed by atoms with E-state index in [1.165, 1.54) is 6.07 Å². The lowest BCUT2D eigenvalue weighted by atomic mass is 10.3. The first-order valence-electron chi connectivity index (χ1n) is 5.33. The highest BCUT2D eigenvalue weighted by Gasteiger charge is 2.06. The third-order valence-electron chi connectivity index (χ3n) is 2.32. The largest absolute Gasteiger partial charge is 0.477 e. The van der Waals surface area contributed by atoms with Gasteiger partial charge in [0.2, 0.25) is 0 Å². The van der Waals surface area contributed by atoms with Gasteiger partial charge in [-0.1, -0.05) is 18.2 Å². The fourth-order valence-electron chi connectivity index (χ4n) is 1.44. The lowest BCUT2D eigenvalue weighted by Crippen LogP contribution is -2.01. The molecule has 0 saturated carbocycles. The highest BCUT2D eigenvalue weighted by Crippen LogP contribution is 2.27. The van der Waals surface area contributed by atoms with Crippen LogP contribution in [-0.4, -0.2) is 16.1 Å². The maximum atomic E-state index is 10.8. The summed E-state index contributed by atoms with van der Waals surface area (Å²) in [7, 11) is 0. The predicted molar refractivity (Wildman–Crippen MR) is 71.6 cm³/mol. The van der Waals surface area contributed by atoms with Crippen LogP contribution < -0.4 is 5.73 Å². The molecule has 1 heterocycles. The first kappa shape index (κ1) is 12.4. The van der Waals surface area contributed by atoms with E-state index in [9.17, 15) is 4.79 Å². The number of nitrogen functional groups attached to an aromatic ring is 1. The highest BCUT2D eigenvalue weighted by molar-refractivity contribution is 7.98. The quantitative estimate of drug-likeness (QED) is 0.653. The summed E-state index contributed by atoms with van der Waals surface area (Å²) in [6, 6.07) is 12.5. The zero-order valence-electron chi connectivity index (χ0n) is 9.54. The minimum atomic E-state index is -1.01. The first-order valence-corrected chi connectivity index (χ1v) is 6.32. The fraction of sp³-hybridized carbons (Fsp3) is 0.0769. The van der Waals surface area contributed by atoms with E-state index in [-0.39, 0.29) is 5.69 Å². The van der Waals surface area contributed by atoms with Gasteiger partial charge in [0.15, 0.2) is 0 Å². The molecule has 3 N–H and O–H groups in total. The molecule has 0 amide bonds. The molecule has 0 fully saturated rings. The van der Waals surface area contributed by atoms with Crippen molar-refractivity contribution >= 4 is 23.4 Å². The molecule has 92 valence electrons. The molecule has 0 bridgehead atoms. The number of para-hydroxylation sites is 1. The van der Waals surface area contributed by atoms with E-state index in [1.807, 2.05) is 24.3 Å². The number of thioether (sulfide) groups is 1. The minimum Gasteiger partial charge on any atom is -0.477 e. The molecule has 0 unspecified atom stereocenters. The average Bonchev–Trinajstić information content (AvgIpc) is 2.38. The van der Waals surface area contributed by atoms with E-state index in [0.29, 0.717) is 5.75 Å². The number of aromatic carboxylic acids is 1. The molecular formula is C13H12N2O2S. The Morgan fingerprint density at radius 3 is 2.72 bits per heavy atom. The molecular weight excluding hydrogens is 248 g/mol. The number of carboxylic acid groups (broad SMARTS) is 1. The second kappa shape index (κ2) is 5.55. The van der Waals surface area contributed by atoms with Gasteiger partial charge in [-0.2, -0.15) is 0 Å². The standard InChI is InChI=1S/C13H12N2O2S/c14-10-5-1-2-7-12(10)18-8-9-4-3-6-11(15-9)13(16)17/h1-7H,8,14H2,(H,16,17). The van der Waals surface area contributed by atoms with Gasteiger partial charge in [-0.25, -0.2) is 9.78 Å². The maximum Gasteiger partial charge on any atom is 0.354 e. The highest BCUT2D eigenvalue weighted by atomic mass is 32.2. The maximum absolute atomic E-state index is 10.8. The van der Waals surface area contributed by atoms with Crippen molar-refractivity contribution in [1.82, 2.24) is 4.98 Å². The van der Waals surface area contributed by atoms with Crippen LogP contribution in [-0.2, 0) is 5.75 Å². The van der Waals surface area contributed by atoms with Crippen molar-refractivity contribution in [3.63, 3.8) is 0 Å². The van der Waals surface area contributed by atoms with E-state index in [1.54, 1.807) is 23.9 Å². The van der Waals surface area contributed by atoms with Crippen LogP contribution in [0.2, 0.25) is 0 Å². The Balaban J connectivity index is 2.09. The third-order valence-corrected chi connectivity index (χ3v) is 3.44. The normalized spacial score (nSPS) is 10.2. The lowest BCUT2D eigenvalue weighted by Gasteiger charge is -2.05. The smallest absolute Gasteiger partial charge is 0.354 e. The van der Waals surface area contributed by atoms with Crippen molar-refractivity contribution in [2.24, 2.45) is 0 Å². The molecule has 5 heteroatoms. The lowest BCUT2D eigenvalue weighted by molar-refractivity contribution is 0.0690. The second-order valence-electron chi connectivity index (χ2n) is 3.65. The summed E-state index contributed by atoms with van der Waals surface area (Å²) in [5, 5.41) is 8.85. The SMILES string of the molecule is Nc1ccccc1SCc1cccc(C(=O)O)n1. The molecule has 0 radical (unpaired) electrons. The Morgan fingerprint density at radius 2 is 2.00 bits per heavy atom. The van der Waals surface area contributed by atoms with Gasteiger partial charge < -0.3 is 10.8 Å². The topological polar surface area (TPSA) is 76.2 Å². The van der Waals surface area contributed by atoms with Gasteiger partial charge in [0.1, 0.15) is 5.69 Å². The van der Waals surface area contributed by atoms with Crippen LogP contribution in [0.25, 0.3) is 0 Å². The molecule has 1 aromatic heterocycles. The Morgan fingerprint density at radius 1 is 1.22 bits per heavy atom. The summed E-state index contributed by atoms with van der Waals surface area (Å²) >= 11 is 1.54. The number of nitrogens with zero attached hydrogens (tertiary/aromatic N) is 1. The van der Waals surface area contributed by atoms with E-state index >= 15 is 0 Å². The zero-order valence-corrected chi connectivity index (χ0v) is 10.4. The number of nitrogens with two attached hydrogens (primary N) is 1. The Labute approximate surface area is 109 Å². The minimum absolute atomic E-state index is 0.0640. The summed E-state index contributed by atoms with van der Waals surface area (Å²) in [6.07, 6.45) is 0. The Bertz CT molecular complexity index is 572. The molecule has 0 atom stereocenters. The summed E-state index contributed by atoms with van der Waals surface area (Å²) < 4.78 is 0. The molecule has 2 aromatic rings. The van der Waals surface area contributed by atoms with E-state index in [2.05, 4.69) is 4.98 Å². The Kier molecular flexibility index (Phi) is 3.84. The van der Waals surface area contributed by atoms with Gasteiger partial charge in [0.05, 0.1) is 5.69 Å². The van der Waals surface area contributed by atoms with Gasteiger partial charge in [-0.3, -0.25) is 0 Å². The van der Waals surface area contributed by atoms with Gasteiger partial charge in [-0.05, 0) is 24.3 Å². The zero-order chi connectivity index (χ0) is 13.0. The van der Waals surface area contributed by atoms with Gasteiger partial charge in [0.25, 0.3) is 0 Å².